The molecule has 0 spiro atoms. The van der Waals surface area contributed by atoms with Crippen LogP contribution in [0.4, 0.5) is 0 Å². The molecule has 0 N–H and O–H groups in total. The lowest BCUT2D eigenvalue weighted by Gasteiger charge is -2.20. The second kappa shape index (κ2) is 4.13. The van der Waals surface area contributed by atoms with Crippen LogP contribution >= 0.6 is 0 Å². The minimum absolute atomic E-state index is 0.529. The zero-order valence-electron chi connectivity index (χ0n) is 8.98. The van der Waals surface area contributed by atoms with Crippen molar-refractivity contribution in [1.82, 2.24) is 0 Å². The molecule has 2 rings (SSSR count). The van der Waals surface area contributed by atoms with E-state index in [2.05, 4.69) is 30.0 Å². The van der Waals surface area contributed by atoms with Crippen molar-refractivity contribution in [3.8, 4) is 24.7 Å². The van der Waals surface area contributed by atoms with Crippen LogP contribution in [0, 0.1) is 30.1 Å². The number of rotatable bonds is 1. The molecule has 0 amide bonds. The Kier molecular flexibility index (Phi) is 2.67. The van der Waals surface area contributed by atoms with Gasteiger partial charge in [-0.2, -0.15) is 0 Å². The summed E-state index contributed by atoms with van der Waals surface area (Å²) in [5, 5.41) is 0. The highest BCUT2D eigenvalue weighted by atomic mass is 14.2. The van der Waals surface area contributed by atoms with Gasteiger partial charge in [0.15, 0.2) is 0 Å². The fourth-order valence-electron chi connectivity index (χ4n) is 1.74. The topological polar surface area (TPSA) is 0 Å². The maximum absolute atomic E-state index is 5.46. The summed E-state index contributed by atoms with van der Waals surface area (Å²) in [5.41, 5.74) is 1.85. The maximum Gasteiger partial charge on any atom is 0.113 e. The molecule has 1 aromatic rings. The first-order valence-corrected chi connectivity index (χ1v) is 5.20. The van der Waals surface area contributed by atoms with Gasteiger partial charge >= 0.3 is 0 Å². The number of hydrogen-bond acceptors (Lipinski definition) is 0. The Morgan fingerprint density at radius 1 is 1.06 bits per heavy atom. The quantitative estimate of drug-likeness (QED) is 0.616. The molecule has 76 valence electrons. The molecule has 0 saturated carbocycles. The van der Waals surface area contributed by atoms with Gasteiger partial charge in [0.2, 0.25) is 0 Å². The van der Waals surface area contributed by atoms with Gasteiger partial charge in [-0.15, -0.1) is 12.8 Å². The van der Waals surface area contributed by atoms with Crippen molar-refractivity contribution in [2.75, 3.05) is 0 Å². The summed E-state index contributed by atoms with van der Waals surface area (Å²) in [6.07, 6.45) is 17.7. The van der Waals surface area contributed by atoms with Crippen molar-refractivity contribution in [1.29, 1.82) is 0 Å². The van der Waals surface area contributed by atoms with Crippen molar-refractivity contribution in [3.05, 3.63) is 54.1 Å². The molecule has 0 heteroatoms. The molecule has 0 nitrogen and oxygen atoms in total. The maximum atomic E-state index is 5.46. The highest BCUT2D eigenvalue weighted by Gasteiger charge is 2.22. The number of benzene rings is 1. The predicted molar refractivity (Wildman–Crippen MR) is 68.3 cm³/mol. The van der Waals surface area contributed by atoms with Crippen LogP contribution in [-0.4, -0.2) is 0 Å². The molecule has 0 aliphatic heterocycles. The smallest absolute Gasteiger partial charge is 0.113 e. The molecule has 0 heterocycles. The summed E-state index contributed by atoms with van der Waals surface area (Å²) in [6.45, 7) is 0. The zero-order chi connectivity index (χ0) is 11.4. The van der Waals surface area contributed by atoms with Crippen LogP contribution in [0.25, 0.3) is 5.57 Å². The molecule has 0 fully saturated rings. The number of allylic oxidation sites excluding steroid dienone is 4. The molecule has 1 aliphatic carbocycles. The fourth-order valence-corrected chi connectivity index (χ4v) is 1.74. The molecule has 1 aliphatic rings. The monoisotopic (exact) mass is 204 g/mol. The van der Waals surface area contributed by atoms with Crippen LogP contribution in [0.5, 0.6) is 0 Å². The summed E-state index contributed by atoms with van der Waals surface area (Å²) < 4.78 is 0. The Balaban J connectivity index is 2.28. The second-order valence-electron chi connectivity index (χ2n) is 3.82. The molecule has 0 radical (unpaired) electrons. The third-order valence-corrected chi connectivity index (χ3v) is 2.81. The Morgan fingerprint density at radius 3 is 2.25 bits per heavy atom. The normalized spacial score (nSPS) is 17.0. The number of terminal acetylenes is 2. The van der Waals surface area contributed by atoms with Gasteiger partial charge in [-0.1, -0.05) is 60.4 Å². The lowest BCUT2D eigenvalue weighted by atomic mass is 9.80. The Bertz CT molecular complexity index is 501. The van der Waals surface area contributed by atoms with Crippen LogP contribution in [0.15, 0.2) is 48.6 Å². The van der Waals surface area contributed by atoms with E-state index in [0.717, 1.165) is 0 Å². The third-order valence-electron chi connectivity index (χ3n) is 2.81. The van der Waals surface area contributed by atoms with Gasteiger partial charge in [0.1, 0.15) is 5.41 Å². The van der Waals surface area contributed by atoms with E-state index in [1.807, 2.05) is 30.4 Å². The van der Waals surface area contributed by atoms with E-state index >= 15 is 0 Å². The molecule has 1 aromatic carbocycles. The van der Waals surface area contributed by atoms with Crippen LogP contribution in [0.3, 0.4) is 0 Å². The van der Waals surface area contributed by atoms with Crippen molar-refractivity contribution in [2.24, 2.45) is 5.41 Å². The van der Waals surface area contributed by atoms with Crippen molar-refractivity contribution in [2.45, 2.75) is 6.42 Å². The summed E-state index contributed by atoms with van der Waals surface area (Å²) in [5.74, 6) is 5.34. The average molecular weight is 204 g/mol. The van der Waals surface area contributed by atoms with E-state index in [4.69, 9.17) is 12.8 Å². The van der Waals surface area contributed by atoms with Gasteiger partial charge in [0, 0.05) is 0 Å². The largest absolute Gasteiger partial charge is 0.118 e. The first kappa shape index (κ1) is 10.3. The van der Waals surface area contributed by atoms with Crippen molar-refractivity contribution in [3.63, 3.8) is 0 Å². The molecule has 0 saturated heterocycles. The van der Waals surface area contributed by atoms with Crippen LogP contribution in [-0.2, 0) is 0 Å². The minimum Gasteiger partial charge on any atom is -0.118 e. The predicted octanol–water partition coefficient (Wildman–Crippen LogP) is 3.28. The van der Waals surface area contributed by atoms with Crippen LogP contribution < -0.4 is 0 Å². The highest BCUT2D eigenvalue weighted by molar-refractivity contribution is 5.75. The van der Waals surface area contributed by atoms with Crippen molar-refractivity contribution < 1.29 is 0 Å². The lowest BCUT2D eigenvalue weighted by Crippen LogP contribution is -2.13. The standard InChI is InChI=1S/C16H12/c1-3-16(4-2)12-10-15(11-13-16)14-8-6-5-7-9-14/h1-2,5-12H,13H2. The van der Waals surface area contributed by atoms with E-state index in [1.165, 1.54) is 11.1 Å². The summed E-state index contributed by atoms with van der Waals surface area (Å²) in [7, 11) is 0. The average Bonchev–Trinajstić information content (AvgIpc) is 2.40. The first-order valence-electron chi connectivity index (χ1n) is 5.20. The molecule has 0 atom stereocenters. The second-order valence-corrected chi connectivity index (χ2v) is 3.82. The molecule has 0 unspecified atom stereocenters. The Labute approximate surface area is 96.7 Å². The van der Waals surface area contributed by atoms with Gasteiger partial charge in [-0.3, -0.25) is 0 Å². The first-order chi connectivity index (χ1) is 7.79. The molecular weight excluding hydrogens is 192 g/mol. The third kappa shape index (κ3) is 1.79. The van der Waals surface area contributed by atoms with Gasteiger partial charge in [0.05, 0.1) is 0 Å². The SMILES string of the molecule is C#CC1(C#C)C=CC(c2ccccc2)=CC1. The summed E-state index contributed by atoms with van der Waals surface area (Å²) in [4.78, 5) is 0. The van der Waals surface area contributed by atoms with Crippen LogP contribution in [0.2, 0.25) is 0 Å². The fraction of sp³-hybridized carbons (Fsp3) is 0.125. The van der Waals surface area contributed by atoms with Gasteiger partial charge in [0.25, 0.3) is 0 Å². The highest BCUT2D eigenvalue weighted by Crippen LogP contribution is 2.31. The molecular formula is C16H12. The zero-order valence-corrected chi connectivity index (χ0v) is 8.98. The van der Waals surface area contributed by atoms with E-state index in [9.17, 15) is 0 Å². The van der Waals surface area contributed by atoms with Gasteiger partial charge < -0.3 is 0 Å². The molecule has 16 heavy (non-hydrogen) atoms. The van der Waals surface area contributed by atoms with Gasteiger partial charge in [-0.25, -0.2) is 0 Å². The van der Waals surface area contributed by atoms with E-state index < -0.39 is 5.41 Å². The van der Waals surface area contributed by atoms with Gasteiger partial charge in [-0.05, 0) is 17.6 Å². The number of hydrogen-bond donors (Lipinski definition) is 0. The summed E-state index contributed by atoms with van der Waals surface area (Å²) in [6, 6.07) is 10.2. The lowest BCUT2D eigenvalue weighted by molar-refractivity contribution is 0.694. The van der Waals surface area contributed by atoms with E-state index in [1.54, 1.807) is 0 Å². The Morgan fingerprint density at radius 2 is 1.75 bits per heavy atom. The molecule has 0 bridgehead atoms. The van der Waals surface area contributed by atoms with E-state index in [-0.39, 0.29) is 0 Å². The molecule has 0 aromatic heterocycles. The Hall–Kier alpha value is -2.18. The van der Waals surface area contributed by atoms with E-state index in [0.29, 0.717) is 6.42 Å². The minimum atomic E-state index is -0.529. The summed E-state index contributed by atoms with van der Waals surface area (Å²) >= 11 is 0. The van der Waals surface area contributed by atoms with Crippen molar-refractivity contribution >= 4 is 5.57 Å². The van der Waals surface area contributed by atoms with Crippen LogP contribution in [0.1, 0.15) is 12.0 Å².